The molecular formula is C21H20N2. The van der Waals surface area contributed by atoms with Crippen LogP contribution >= 0.6 is 0 Å². The number of benzene rings is 2. The van der Waals surface area contributed by atoms with E-state index in [1.807, 2.05) is 12.1 Å². The van der Waals surface area contributed by atoms with Crippen LogP contribution in [0.2, 0.25) is 0 Å². The minimum atomic E-state index is -0.0616. The fraction of sp³-hybridized carbons (Fsp3) is 0.333. The van der Waals surface area contributed by atoms with Crippen molar-refractivity contribution in [2.45, 2.75) is 44.9 Å². The highest BCUT2D eigenvalue weighted by Crippen LogP contribution is 2.54. The molecule has 0 fully saturated rings. The lowest BCUT2D eigenvalue weighted by atomic mass is 9.71. The van der Waals surface area contributed by atoms with E-state index in [1.54, 1.807) is 0 Å². The van der Waals surface area contributed by atoms with Gasteiger partial charge in [0.2, 0.25) is 0 Å². The molecule has 1 aliphatic rings. The van der Waals surface area contributed by atoms with Gasteiger partial charge >= 0.3 is 0 Å². The predicted molar refractivity (Wildman–Crippen MR) is 91.9 cm³/mol. The Kier molecular flexibility index (Phi) is 3.93. The Morgan fingerprint density at radius 3 is 1.57 bits per heavy atom. The number of nitriles is 2. The maximum Gasteiger partial charge on any atom is 0.0991 e. The van der Waals surface area contributed by atoms with Gasteiger partial charge in [-0.15, -0.1) is 0 Å². The van der Waals surface area contributed by atoms with Crippen molar-refractivity contribution >= 4 is 0 Å². The third-order valence-electron chi connectivity index (χ3n) is 4.97. The molecule has 0 atom stereocenters. The van der Waals surface area contributed by atoms with Gasteiger partial charge in [0.15, 0.2) is 0 Å². The molecule has 2 heteroatoms. The van der Waals surface area contributed by atoms with Crippen LogP contribution in [0, 0.1) is 22.7 Å². The summed E-state index contributed by atoms with van der Waals surface area (Å²) in [6.07, 6.45) is 4.24. The zero-order valence-corrected chi connectivity index (χ0v) is 13.7. The standard InChI is InChI=1S/C21H20N2/c1-3-9-21(10-4-2)19-11-15(13-22)5-7-17(19)18-8-6-16(14-23)12-20(18)21/h5-8,11-12H,3-4,9-10H2,1-2H3. The molecule has 0 amide bonds. The summed E-state index contributed by atoms with van der Waals surface area (Å²) in [5.41, 5.74) is 6.36. The van der Waals surface area contributed by atoms with Gasteiger partial charge in [0.25, 0.3) is 0 Å². The molecule has 0 radical (unpaired) electrons. The lowest BCUT2D eigenvalue weighted by Crippen LogP contribution is -2.25. The van der Waals surface area contributed by atoms with Gasteiger partial charge in [-0.2, -0.15) is 10.5 Å². The van der Waals surface area contributed by atoms with Crippen LogP contribution in [-0.2, 0) is 5.41 Å². The van der Waals surface area contributed by atoms with Crippen molar-refractivity contribution < 1.29 is 0 Å². The minimum absolute atomic E-state index is 0.0616. The number of fused-ring (bicyclic) bond motifs is 3. The van der Waals surface area contributed by atoms with Gasteiger partial charge in [-0.25, -0.2) is 0 Å². The van der Waals surface area contributed by atoms with Gasteiger partial charge in [-0.1, -0.05) is 38.8 Å². The number of hydrogen-bond acceptors (Lipinski definition) is 2. The molecule has 2 aromatic carbocycles. The summed E-state index contributed by atoms with van der Waals surface area (Å²) in [4.78, 5) is 0. The lowest BCUT2D eigenvalue weighted by molar-refractivity contribution is 0.435. The van der Waals surface area contributed by atoms with Crippen LogP contribution in [0.15, 0.2) is 36.4 Å². The summed E-state index contributed by atoms with van der Waals surface area (Å²) in [5.74, 6) is 0. The normalized spacial score (nSPS) is 13.7. The fourth-order valence-electron chi connectivity index (χ4n) is 4.15. The largest absolute Gasteiger partial charge is 0.192 e. The molecule has 0 bridgehead atoms. The second-order valence-corrected chi connectivity index (χ2v) is 6.33. The van der Waals surface area contributed by atoms with Crippen molar-refractivity contribution in [1.29, 1.82) is 10.5 Å². The lowest BCUT2D eigenvalue weighted by Gasteiger charge is -2.32. The molecule has 23 heavy (non-hydrogen) atoms. The highest BCUT2D eigenvalue weighted by atomic mass is 14.4. The maximum atomic E-state index is 9.30. The zero-order chi connectivity index (χ0) is 16.4. The first-order valence-electron chi connectivity index (χ1n) is 8.29. The van der Waals surface area contributed by atoms with Gasteiger partial charge < -0.3 is 0 Å². The van der Waals surface area contributed by atoms with E-state index in [0.717, 1.165) is 25.7 Å². The Bertz CT molecular complexity index is 762. The fourth-order valence-corrected chi connectivity index (χ4v) is 4.15. The highest BCUT2D eigenvalue weighted by Gasteiger charge is 2.42. The third kappa shape index (κ3) is 2.23. The molecule has 0 N–H and O–H groups in total. The molecular weight excluding hydrogens is 280 g/mol. The first kappa shape index (κ1) is 15.3. The molecule has 2 nitrogen and oxygen atoms in total. The monoisotopic (exact) mass is 300 g/mol. The molecule has 0 saturated heterocycles. The Balaban J connectivity index is 2.34. The average molecular weight is 300 g/mol. The second-order valence-electron chi connectivity index (χ2n) is 6.33. The molecule has 0 saturated carbocycles. The Hall–Kier alpha value is -2.58. The summed E-state index contributed by atoms with van der Waals surface area (Å²) >= 11 is 0. The SMILES string of the molecule is CCCC1(CCC)c2cc(C#N)ccc2-c2ccc(C#N)cc21. The quantitative estimate of drug-likeness (QED) is 0.769. The van der Waals surface area contributed by atoms with Crippen LogP contribution in [0.25, 0.3) is 11.1 Å². The second kappa shape index (κ2) is 5.90. The van der Waals surface area contributed by atoms with Crippen molar-refractivity contribution in [3.8, 4) is 23.3 Å². The van der Waals surface area contributed by atoms with Crippen LogP contribution in [0.1, 0.15) is 61.8 Å². The van der Waals surface area contributed by atoms with E-state index >= 15 is 0 Å². The van der Waals surface area contributed by atoms with Crippen molar-refractivity contribution in [2.75, 3.05) is 0 Å². The first-order valence-corrected chi connectivity index (χ1v) is 8.29. The molecule has 0 spiro atoms. The number of rotatable bonds is 4. The van der Waals surface area contributed by atoms with Gasteiger partial charge in [-0.3, -0.25) is 0 Å². The van der Waals surface area contributed by atoms with E-state index in [4.69, 9.17) is 0 Å². The van der Waals surface area contributed by atoms with Crippen LogP contribution < -0.4 is 0 Å². The third-order valence-corrected chi connectivity index (χ3v) is 4.97. The molecule has 114 valence electrons. The Labute approximate surface area is 138 Å². The maximum absolute atomic E-state index is 9.30. The van der Waals surface area contributed by atoms with E-state index in [0.29, 0.717) is 11.1 Å². The van der Waals surface area contributed by atoms with Crippen molar-refractivity contribution in [2.24, 2.45) is 0 Å². The molecule has 3 rings (SSSR count). The molecule has 2 aromatic rings. The van der Waals surface area contributed by atoms with E-state index in [2.05, 4.69) is 50.3 Å². The van der Waals surface area contributed by atoms with Crippen molar-refractivity contribution in [3.05, 3.63) is 58.7 Å². The average Bonchev–Trinajstić information content (AvgIpc) is 2.85. The highest BCUT2D eigenvalue weighted by molar-refractivity contribution is 5.82. The van der Waals surface area contributed by atoms with Crippen LogP contribution in [0.4, 0.5) is 0 Å². The summed E-state index contributed by atoms with van der Waals surface area (Å²) in [5, 5.41) is 18.6. The molecule has 0 unspecified atom stereocenters. The predicted octanol–water partition coefficient (Wildman–Crippen LogP) is 5.30. The van der Waals surface area contributed by atoms with Gasteiger partial charge in [0.1, 0.15) is 0 Å². The Morgan fingerprint density at radius 2 is 1.22 bits per heavy atom. The molecule has 0 heterocycles. The first-order chi connectivity index (χ1) is 11.2. The van der Waals surface area contributed by atoms with Crippen molar-refractivity contribution in [3.63, 3.8) is 0 Å². The molecule has 1 aliphatic carbocycles. The van der Waals surface area contributed by atoms with Crippen molar-refractivity contribution in [1.82, 2.24) is 0 Å². The summed E-state index contributed by atoms with van der Waals surface area (Å²) in [6.45, 7) is 4.41. The van der Waals surface area contributed by atoms with Gasteiger partial charge in [-0.05, 0) is 59.4 Å². The minimum Gasteiger partial charge on any atom is -0.192 e. The van der Waals surface area contributed by atoms with E-state index in [-0.39, 0.29) is 5.41 Å². The topological polar surface area (TPSA) is 47.6 Å². The number of hydrogen-bond donors (Lipinski definition) is 0. The van der Waals surface area contributed by atoms with Crippen LogP contribution in [0.5, 0.6) is 0 Å². The van der Waals surface area contributed by atoms with Gasteiger partial charge in [0.05, 0.1) is 23.3 Å². The summed E-state index contributed by atoms with van der Waals surface area (Å²) in [7, 11) is 0. The molecule has 0 aliphatic heterocycles. The smallest absolute Gasteiger partial charge is 0.0991 e. The zero-order valence-electron chi connectivity index (χ0n) is 13.7. The van der Waals surface area contributed by atoms with E-state index < -0.39 is 0 Å². The number of nitrogens with zero attached hydrogens (tertiary/aromatic N) is 2. The van der Waals surface area contributed by atoms with Crippen LogP contribution in [-0.4, -0.2) is 0 Å². The summed E-state index contributed by atoms with van der Waals surface area (Å²) < 4.78 is 0. The van der Waals surface area contributed by atoms with Crippen LogP contribution in [0.3, 0.4) is 0 Å². The van der Waals surface area contributed by atoms with E-state index in [9.17, 15) is 10.5 Å². The Morgan fingerprint density at radius 1 is 0.783 bits per heavy atom. The van der Waals surface area contributed by atoms with E-state index in [1.165, 1.54) is 22.3 Å². The van der Waals surface area contributed by atoms with Gasteiger partial charge in [0, 0.05) is 5.41 Å². The summed E-state index contributed by atoms with van der Waals surface area (Å²) in [6, 6.07) is 16.6. The molecule has 0 aromatic heterocycles.